The van der Waals surface area contributed by atoms with Crippen molar-refractivity contribution in [2.24, 2.45) is 0 Å². The third-order valence-electron chi connectivity index (χ3n) is 3.72. The molecule has 130 valence electrons. The van der Waals surface area contributed by atoms with Crippen molar-refractivity contribution in [1.82, 2.24) is 0 Å². The smallest absolute Gasteiger partial charge is 0.265 e. The number of amides is 1. The Kier molecular flexibility index (Phi) is 6.06. The minimum absolute atomic E-state index is 0.0581. The van der Waals surface area contributed by atoms with Gasteiger partial charge in [-0.3, -0.25) is 14.4 Å². The number of Topliss-reactive ketones (excluding diaryl/α,β-unsaturated/α-hetero) is 2. The van der Waals surface area contributed by atoms with Crippen LogP contribution in [0.3, 0.4) is 0 Å². The Morgan fingerprint density at radius 3 is 2.32 bits per heavy atom. The molecule has 1 amide bonds. The number of anilines is 1. The van der Waals surface area contributed by atoms with E-state index >= 15 is 0 Å². The lowest BCUT2D eigenvalue weighted by molar-refractivity contribution is -0.122. The molecule has 0 aliphatic heterocycles. The number of hydrogen-bond donors (Lipinski definition) is 1. The summed E-state index contributed by atoms with van der Waals surface area (Å²) < 4.78 is 5.60. The van der Waals surface area contributed by atoms with E-state index < -0.39 is 6.10 Å². The molecule has 0 aliphatic carbocycles. The molecule has 0 aliphatic rings. The molecule has 0 spiro atoms. The van der Waals surface area contributed by atoms with Gasteiger partial charge in [0.1, 0.15) is 5.75 Å². The van der Waals surface area contributed by atoms with E-state index in [1.807, 2.05) is 0 Å². The summed E-state index contributed by atoms with van der Waals surface area (Å²) in [6.45, 7) is 4.91. The molecule has 2 aromatic rings. The van der Waals surface area contributed by atoms with Crippen LogP contribution in [0.15, 0.2) is 48.5 Å². The predicted molar refractivity (Wildman–Crippen MR) is 96.2 cm³/mol. The largest absolute Gasteiger partial charge is 0.481 e. The van der Waals surface area contributed by atoms with Gasteiger partial charge in [-0.1, -0.05) is 19.1 Å². The van der Waals surface area contributed by atoms with E-state index in [0.29, 0.717) is 29.0 Å². The van der Waals surface area contributed by atoms with Crippen molar-refractivity contribution in [3.05, 3.63) is 59.7 Å². The Morgan fingerprint density at radius 2 is 1.72 bits per heavy atom. The first-order valence-corrected chi connectivity index (χ1v) is 8.12. The molecule has 0 aromatic heterocycles. The molecule has 0 saturated heterocycles. The zero-order valence-electron chi connectivity index (χ0n) is 14.5. The summed E-state index contributed by atoms with van der Waals surface area (Å²) in [5.41, 5.74) is 1.69. The molecule has 0 heterocycles. The highest BCUT2D eigenvalue weighted by molar-refractivity contribution is 5.98. The fourth-order valence-electron chi connectivity index (χ4n) is 2.24. The zero-order chi connectivity index (χ0) is 18.4. The van der Waals surface area contributed by atoms with Gasteiger partial charge >= 0.3 is 0 Å². The molecule has 1 N–H and O–H groups in total. The van der Waals surface area contributed by atoms with Crippen molar-refractivity contribution in [3.8, 4) is 5.75 Å². The summed E-state index contributed by atoms with van der Waals surface area (Å²) in [7, 11) is 0. The summed E-state index contributed by atoms with van der Waals surface area (Å²) in [6.07, 6.45) is -0.285. The second kappa shape index (κ2) is 8.24. The Hall–Kier alpha value is -2.95. The van der Waals surface area contributed by atoms with Crippen LogP contribution in [-0.2, 0) is 4.79 Å². The second-order valence-corrected chi connectivity index (χ2v) is 5.69. The number of carbonyl (C=O) groups excluding carboxylic acids is 3. The number of ether oxygens (including phenoxy) is 1. The van der Waals surface area contributed by atoms with Gasteiger partial charge in [0.2, 0.25) is 0 Å². The molecule has 1 atom stereocenters. The molecular weight excluding hydrogens is 318 g/mol. The molecule has 0 bridgehead atoms. The molecule has 2 rings (SSSR count). The van der Waals surface area contributed by atoms with E-state index in [1.54, 1.807) is 62.4 Å². The normalized spacial score (nSPS) is 11.5. The number of rotatable bonds is 7. The standard InChI is InChI=1S/C20H21NO4/c1-4-19(23)15-8-10-18(11-9-15)25-14(3)20(24)21-17-7-5-6-16(12-17)13(2)22/h5-12,14H,4H2,1-3H3,(H,21,24). The summed E-state index contributed by atoms with van der Waals surface area (Å²) in [6, 6.07) is 13.4. The second-order valence-electron chi connectivity index (χ2n) is 5.69. The van der Waals surface area contributed by atoms with Gasteiger partial charge in [0.05, 0.1) is 0 Å². The zero-order valence-corrected chi connectivity index (χ0v) is 14.5. The third-order valence-corrected chi connectivity index (χ3v) is 3.72. The third kappa shape index (κ3) is 5.01. The number of carbonyl (C=O) groups is 3. The van der Waals surface area contributed by atoms with Crippen LogP contribution in [0.25, 0.3) is 0 Å². The van der Waals surface area contributed by atoms with Gasteiger partial charge in [-0.2, -0.15) is 0 Å². The van der Waals surface area contributed by atoms with Crippen molar-refractivity contribution in [2.45, 2.75) is 33.3 Å². The molecule has 1 unspecified atom stereocenters. The van der Waals surface area contributed by atoms with Gasteiger partial charge < -0.3 is 10.1 Å². The van der Waals surface area contributed by atoms with Crippen LogP contribution in [0.4, 0.5) is 5.69 Å². The quantitative estimate of drug-likeness (QED) is 0.777. The van der Waals surface area contributed by atoms with E-state index in [9.17, 15) is 14.4 Å². The highest BCUT2D eigenvalue weighted by atomic mass is 16.5. The maximum Gasteiger partial charge on any atom is 0.265 e. The van der Waals surface area contributed by atoms with Gasteiger partial charge in [-0.05, 0) is 50.2 Å². The molecule has 0 radical (unpaired) electrons. The average Bonchev–Trinajstić information content (AvgIpc) is 2.61. The van der Waals surface area contributed by atoms with E-state index in [0.717, 1.165) is 0 Å². The number of ketones is 2. The predicted octanol–water partition coefficient (Wildman–Crippen LogP) is 3.89. The van der Waals surface area contributed by atoms with Crippen LogP contribution < -0.4 is 10.1 Å². The van der Waals surface area contributed by atoms with Crippen molar-refractivity contribution in [1.29, 1.82) is 0 Å². The van der Waals surface area contributed by atoms with E-state index in [-0.39, 0.29) is 17.5 Å². The Morgan fingerprint density at radius 1 is 1.04 bits per heavy atom. The molecule has 25 heavy (non-hydrogen) atoms. The van der Waals surface area contributed by atoms with E-state index in [2.05, 4.69) is 5.32 Å². The first kappa shape index (κ1) is 18.4. The van der Waals surface area contributed by atoms with Crippen LogP contribution >= 0.6 is 0 Å². The van der Waals surface area contributed by atoms with E-state index in [4.69, 9.17) is 4.74 Å². The molecule has 2 aromatic carbocycles. The Balaban J connectivity index is 1.99. The Labute approximate surface area is 147 Å². The summed E-state index contributed by atoms with van der Waals surface area (Å²) in [5, 5.41) is 2.73. The lowest BCUT2D eigenvalue weighted by Crippen LogP contribution is -2.30. The highest BCUT2D eigenvalue weighted by Crippen LogP contribution is 2.16. The highest BCUT2D eigenvalue weighted by Gasteiger charge is 2.15. The van der Waals surface area contributed by atoms with Gasteiger partial charge in [-0.15, -0.1) is 0 Å². The monoisotopic (exact) mass is 339 g/mol. The first-order chi connectivity index (χ1) is 11.9. The van der Waals surface area contributed by atoms with Gasteiger partial charge in [0.25, 0.3) is 5.91 Å². The van der Waals surface area contributed by atoms with Gasteiger partial charge in [-0.25, -0.2) is 0 Å². The number of nitrogens with one attached hydrogen (secondary N) is 1. The average molecular weight is 339 g/mol. The summed E-state index contributed by atoms with van der Waals surface area (Å²) >= 11 is 0. The lowest BCUT2D eigenvalue weighted by Gasteiger charge is -2.15. The van der Waals surface area contributed by atoms with Gasteiger partial charge in [0.15, 0.2) is 17.7 Å². The maximum absolute atomic E-state index is 12.2. The minimum atomic E-state index is -0.728. The van der Waals surface area contributed by atoms with Crippen molar-refractivity contribution in [3.63, 3.8) is 0 Å². The SMILES string of the molecule is CCC(=O)c1ccc(OC(C)C(=O)Nc2cccc(C(C)=O)c2)cc1. The summed E-state index contributed by atoms with van der Waals surface area (Å²) in [5.74, 6) is 0.173. The number of hydrogen-bond acceptors (Lipinski definition) is 4. The van der Waals surface area contributed by atoms with Crippen LogP contribution in [-0.4, -0.2) is 23.6 Å². The van der Waals surface area contributed by atoms with E-state index in [1.165, 1.54) is 6.92 Å². The number of benzene rings is 2. The molecule has 0 fully saturated rings. The van der Waals surface area contributed by atoms with Crippen molar-refractivity contribution >= 4 is 23.2 Å². The molecule has 5 nitrogen and oxygen atoms in total. The minimum Gasteiger partial charge on any atom is -0.481 e. The topological polar surface area (TPSA) is 72.5 Å². The molecule has 0 saturated carbocycles. The van der Waals surface area contributed by atoms with Crippen molar-refractivity contribution < 1.29 is 19.1 Å². The van der Waals surface area contributed by atoms with Crippen LogP contribution in [0.2, 0.25) is 0 Å². The lowest BCUT2D eigenvalue weighted by atomic mass is 10.1. The van der Waals surface area contributed by atoms with Crippen molar-refractivity contribution in [2.75, 3.05) is 5.32 Å². The van der Waals surface area contributed by atoms with Crippen LogP contribution in [0, 0.1) is 0 Å². The fraction of sp³-hybridized carbons (Fsp3) is 0.250. The molecular formula is C20H21NO4. The maximum atomic E-state index is 12.2. The van der Waals surface area contributed by atoms with Crippen LogP contribution in [0.5, 0.6) is 5.75 Å². The Bertz CT molecular complexity index is 781. The first-order valence-electron chi connectivity index (χ1n) is 8.12. The van der Waals surface area contributed by atoms with Crippen LogP contribution in [0.1, 0.15) is 47.9 Å². The summed E-state index contributed by atoms with van der Waals surface area (Å²) in [4.78, 5) is 35.2. The van der Waals surface area contributed by atoms with Gasteiger partial charge in [0, 0.05) is 23.2 Å². The fourth-order valence-corrected chi connectivity index (χ4v) is 2.24. The molecule has 5 heteroatoms.